The van der Waals surface area contributed by atoms with Crippen LogP contribution >= 0.6 is 0 Å². The summed E-state index contributed by atoms with van der Waals surface area (Å²) in [6, 6.07) is 8.96. The van der Waals surface area contributed by atoms with Crippen molar-refractivity contribution in [2.24, 2.45) is 7.05 Å². The molecule has 0 aliphatic carbocycles. The predicted octanol–water partition coefficient (Wildman–Crippen LogP) is 4.44. The van der Waals surface area contributed by atoms with Gasteiger partial charge in [0.1, 0.15) is 22.7 Å². The average molecular weight is 508 g/mol. The van der Waals surface area contributed by atoms with Gasteiger partial charge in [-0.05, 0) is 37.3 Å². The summed E-state index contributed by atoms with van der Waals surface area (Å²) < 4.78 is 82.0. The third kappa shape index (κ3) is 4.22. The van der Waals surface area contributed by atoms with Crippen molar-refractivity contribution in [2.45, 2.75) is 31.5 Å². The van der Waals surface area contributed by atoms with Crippen molar-refractivity contribution in [3.8, 4) is 22.8 Å². The molecule has 0 fully saturated rings. The molecule has 0 spiro atoms. The van der Waals surface area contributed by atoms with Crippen LogP contribution in [-0.2, 0) is 29.6 Å². The first-order valence-corrected chi connectivity index (χ1v) is 12.2. The maximum atomic E-state index is 13.8. The van der Waals surface area contributed by atoms with Gasteiger partial charge in [0.05, 0.1) is 21.9 Å². The highest BCUT2D eigenvalue weighted by atomic mass is 32.2. The lowest BCUT2D eigenvalue weighted by Crippen LogP contribution is -2.28. The summed E-state index contributed by atoms with van der Waals surface area (Å²) in [6.07, 6.45) is -4.80. The minimum absolute atomic E-state index is 0.107. The second-order valence-corrected chi connectivity index (χ2v) is 10.0. The number of hydrogen-bond donors (Lipinski definition) is 0. The highest BCUT2D eigenvalue weighted by Crippen LogP contribution is 2.33. The molecule has 4 aromatic rings. The minimum Gasteiger partial charge on any atom is -0.321 e. The highest BCUT2D eigenvalue weighted by molar-refractivity contribution is 7.91. The first-order chi connectivity index (χ1) is 16.4. The van der Waals surface area contributed by atoms with Crippen molar-refractivity contribution < 1.29 is 26.0 Å². The second-order valence-electron chi connectivity index (χ2n) is 7.76. The van der Waals surface area contributed by atoms with Crippen LogP contribution in [0.25, 0.3) is 33.8 Å². The number of rotatable bonds is 5. The van der Waals surface area contributed by atoms with Crippen molar-refractivity contribution in [1.82, 2.24) is 19.1 Å². The van der Waals surface area contributed by atoms with Gasteiger partial charge in [-0.2, -0.15) is 13.2 Å². The second kappa shape index (κ2) is 8.59. The Morgan fingerprint density at radius 2 is 1.74 bits per heavy atom. The highest BCUT2D eigenvalue weighted by Gasteiger charge is 2.36. The number of sulfone groups is 1. The van der Waals surface area contributed by atoms with E-state index in [0.29, 0.717) is 10.1 Å². The summed E-state index contributed by atoms with van der Waals surface area (Å²) >= 11 is 0. The van der Waals surface area contributed by atoms with Gasteiger partial charge in [0, 0.05) is 19.2 Å². The third-order valence-electron chi connectivity index (χ3n) is 5.65. The van der Waals surface area contributed by atoms with E-state index < -0.39 is 33.1 Å². The van der Waals surface area contributed by atoms with E-state index in [4.69, 9.17) is 0 Å². The van der Waals surface area contributed by atoms with Crippen molar-refractivity contribution in [1.29, 1.82) is 0 Å². The molecule has 0 atom stereocenters. The summed E-state index contributed by atoms with van der Waals surface area (Å²) in [5.41, 5.74) is -2.02. The van der Waals surface area contributed by atoms with E-state index >= 15 is 0 Å². The van der Waals surface area contributed by atoms with Crippen LogP contribution in [-0.4, -0.2) is 33.3 Å². The number of hydrogen-bond acceptors (Lipinski definition) is 5. The fourth-order valence-corrected chi connectivity index (χ4v) is 4.92. The van der Waals surface area contributed by atoms with E-state index in [1.54, 1.807) is 6.07 Å². The molecule has 12 heteroatoms. The molecule has 0 aliphatic heterocycles. The molecule has 0 bridgehead atoms. The summed E-state index contributed by atoms with van der Waals surface area (Å²) in [4.78, 5) is 21.4. The normalized spacial score (nSPS) is 12.4. The van der Waals surface area contributed by atoms with Crippen molar-refractivity contribution in [2.75, 3.05) is 5.75 Å². The summed E-state index contributed by atoms with van der Waals surface area (Å²) in [5.74, 6) is -0.908. The van der Waals surface area contributed by atoms with Crippen LogP contribution in [0.1, 0.15) is 19.5 Å². The molecule has 0 N–H and O–H groups in total. The van der Waals surface area contributed by atoms with Crippen molar-refractivity contribution >= 4 is 20.9 Å². The van der Waals surface area contributed by atoms with Gasteiger partial charge in [-0.15, -0.1) is 0 Å². The molecule has 0 aliphatic rings. The van der Waals surface area contributed by atoms with Crippen molar-refractivity contribution in [3.05, 3.63) is 64.3 Å². The average Bonchev–Trinajstić information content (AvgIpc) is 3.14. The molecule has 0 saturated carbocycles. The maximum absolute atomic E-state index is 13.8. The molecule has 0 amide bonds. The molecule has 1 aromatic carbocycles. The van der Waals surface area contributed by atoms with Gasteiger partial charge in [0.25, 0.3) is 5.56 Å². The zero-order valence-electron chi connectivity index (χ0n) is 18.9. The van der Waals surface area contributed by atoms with Gasteiger partial charge in [0.2, 0.25) is 0 Å². The van der Waals surface area contributed by atoms with Gasteiger partial charge >= 0.3 is 6.18 Å². The molecule has 0 saturated heterocycles. The smallest absolute Gasteiger partial charge is 0.321 e. The molecule has 184 valence electrons. The number of aromatic nitrogens is 4. The zero-order chi connectivity index (χ0) is 25.7. The topological polar surface area (TPSA) is 86.8 Å². The fraction of sp³-hybridized carbons (Fsp3) is 0.261. The number of alkyl halides is 3. The monoisotopic (exact) mass is 508 g/mol. The molecule has 0 radical (unpaired) electrons. The Bertz CT molecular complexity index is 1620. The molecule has 35 heavy (non-hydrogen) atoms. The standard InChI is InChI=1S/C23H20F4N4O3S/c1-4-31-18(23(25,26)27)12-16-20(22(31)32)30(3)21(29-16)19-17(35(33,34)5-2)10-9-15(28-19)13-7-6-8-14(24)11-13/h6-12H,4-5H2,1-3H3. The Morgan fingerprint density at radius 3 is 2.34 bits per heavy atom. The number of aryl methyl sites for hydroxylation is 1. The number of pyridine rings is 2. The van der Waals surface area contributed by atoms with Crippen LogP contribution in [0.5, 0.6) is 0 Å². The summed E-state index contributed by atoms with van der Waals surface area (Å²) in [6.45, 7) is 2.62. The third-order valence-corrected chi connectivity index (χ3v) is 7.41. The van der Waals surface area contributed by atoms with E-state index in [2.05, 4.69) is 9.97 Å². The Kier molecular flexibility index (Phi) is 6.04. The van der Waals surface area contributed by atoms with E-state index in [1.807, 2.05) is 0 Å². The van der Waals surface area contributed by atoms with Gasteiger partial charge in [-0.3, -0.25) is 4.79 Å². The molecule has 4 rings (SSSR count). The Morgan fingerprint density at radius 1 is 1.03 bits per heavy atom. The minimum atomic E-state index is -4.80. The van der Waals surface area contributed by atoms with Crippen LogP contribution < -0.4 is 5.56 Å². The molecular formula is C23H20F4N4O3S. The van der Waals surface area contributed by atoms with Crippen LogP contribution in [0.3, 0.4) is 0 Å². The largest absolute Gasteiger partial charge is 0.431 e. The van der Waals surface area contributed by atoms with Crippen molar-refractivity contribution in [3.63, 3.8) is 0 Å². The Labute approximate surface area is 197 Å². The van der Waals surface area contributed by atoms with Crippen LogP contribution in [0, 0.1) is 5.82 Å². The zero-order valence-corrected chi connectivity index (χ0v) is 19.7. The molecule has 7 nitrogen and oxygen atoms in total. The Hall–Kier alpha value is -3.54. The van der Waals surface area contributed by atoms with Gasteiger partial charge < -0.3 is 9.13 Å². The summed E-state index contributed by atoms with van der Waals surface area (Å²) in [7, 11) is -2.44. The molecule has 0 unspecified atom stereocenters. The molecule has 3 heterocycles. The number of halogens is 4. The maximum Gasteiger partial charge on any atom is 0.431 e. The van der Waals surface area contributed by atoms with E-state index in [0.717, 1.165) is 6.07 Å². The number of imidazole rings is 1. The van der Waals surface area contributed by atoms with E-state index in [-0.39, 0.29) is 45.4 Å². The quantitative estimate of drug-likeness (QED) is 0.372. The lowest BCUT2D eigenvalue weighted by molar-refractivity contribution is -0.144. The molecule has 3 aromatic heterocycles. The van der Waals surface area contributed by atoms with Gasteiger partial charge in [-0.1, -0.05) is 19.1 Å². The first-order valence-electron chi connectivity index (χ1n) is 10.6. The first kappa shape index (κ1) is 24.6. The van der Waals surface area contributed by atoms with E-state index in [1.165, 1.54) is 55.8 Å². The Balaban J connectivity index is 2.08. The lowest BCUT2D eigenvalue weighted by atomic mass is 10.1. The van der Waals surface area contributed by atoms with Crippen LogP contribution in [0.4, 0.5) is 17.6 Å². The number of nitrogens with zero attached hydrogens (tertiary/aromatic N) is 4. The predicted molar refractivity (Wildman–Crippen MR) is 122 cm³/mol. The lowest BCUT2D eigenvalue weighted by Gasteiger charge is -2.14. The molecular weight excluding hydrogens is 488 g/mol. The summed E-state index contributed by atoms with van der Waals surface area (Å²) in [5, 5.41) is 0. The van der Waals surface area contributed by atoms with Crippen LogP contribution in [0.15, 0.2) is 52.2 Å². The number of fused-ring (bicyclic) bond motifs is 1. The van der Waals surface area contributed by atoms with Gasteiger partial charge in [0.15, 0.2) is 15.7 Å². The fourth-order valence-electron chi connectivity index (χ4n) is 3.90. The van der Waals surface area contributed by atoms with E-state index in [9.17, 15) is 30.8 Å². The van der Waals surface area contributed by atoms with Crippen LogP contribution in [0.2, 0.25) is 0 Å². The SMILES string of the molecule is CCn1c(C(F)(F)F)cc2nc(-c3nc(-c4cccc(F)c4)ccc3S(=O)(=O)CC)n(C)c2c1=O. The van der Waals surface area contributed by atoms with Gasteiger partial charge in [-0.25, -0.2) is 22.8 Å². The number of benzene rings is 1.